The van der Waals surface area contributed by atoms with Gasteiger partial charge in [-0.1, -0.05) is 55.7 Å². The lowest BCUT2D eigenvalue weighted by molar-refractivity contribution is -0.140. The average Bonchev–Trinajstić information content (AvgIpc) is 3.35. The number of cyclic esters (lactones) is 1. The number of rotatable bonds is 9. The summed E-state index contributed by atoms with van der Waals surface area (Å²) < 4.78 is 19.3. The van der Waals surface area contributed by atoms with Crippen molar-refractivity contribution < 1.29 is 23.5 Å². The third-order valence-electron chi connectivity index (χ3n) is 11.6. The Morgan fingerprint density at radius 3 is 2.36 bits per heavy atom. The van der Waals surface area contributed by atoms with Crippen LogP contribution >= 0.6 is 0 Å². The van der Waals surface area contributed by atoms with E-state index in [2.05, 4.69) is 36.6 Å². The van der Waals surface area contributed by atoms with Gasteiger partial charge in [-0.3, -0.25) is 14.5 Å². The van der Waals surface area contributed by atoms with Crippen LogP contribution in [-0.4, -0.2) is 72.6 Å². The fourth-order valence-electron chi connectivity index (χ4n) is 8.77. The highest BCUT2D eigenvalue weighted by atomic mass is 19.1. The van der Waals surface area contributed by atoms with Crippen molar-refractivity contribution in [3.8, 4) is 0 Å². The van der Waals surface area contributed by atoms with E-state index in [4.69, 9.17) is 4.74 Å². The number of benzene rings is 2. The lowest BCUT2D eigenvalue weighted by Gasteiger charge is -2.51. The van der Waals surface area contributed by atoms with Gasteiger partial charge in [0.05, 0.1) is 11.5 Å². The molecule has 2 aliphatic carbocycles. The predicted molar refractivity (Wildman–Crippen MR) is 179 cm³/mol. The normalized spacial score (nSPS) is 24.7. The molecule has 6 rings (SSSR count). The van der Waals surface area contributed by atoms with Crippen molar-refractivity contribution >= 4 is 17.9 Å². The second kappa shape index (κ2) is 14.0. The molecule has 4 aliphatic rings. The first-order valence-electron chi connectivity index (χ1n) is 17.6. The van der Waals surface area contributed by atoms with Crippen molar-refractivity contribution in [1.29, 1.82) is 0 Å². The fourth-order valence-corrected chi connectivity index (χ4v) is 8.77. The Balaban J connectivity index is 1.20. The maximum absolute atomic E-state index is 14.4. The Morgan fingerprint density at radius 1 is 1.00 bits per heavy atom. The number of amides is 3. The minimum Gasteiger partial charge on any atom is -0.447 e. The fraction of sp³-hybridized carbons (Fsp3) is 0.605. The summed E-state index contributed by atoms with van der Waals surface area (Å²) in [5.74, 6) is -0.387. The summed E-state index contributed by atoms with van der Waals surface area (Å²) in [6.07, 6.45) is 9.11. The van der Waals surface area contributed by atoms with Crippen LogP contribution in [0.5, 0.6) is 0 Å². The Hall–Kier alpha value is -3.46. The number of nitrogens with zero attached hydrogens (tertiary/aromatic N) is 2. The second-order valence-corrected chi connectivity index (χ2v) is 15.0. The molecule has 3 amide bonds. The molecule has 3 atom stereocenters. The van der Waals surface area contributed by atoms with Crippen LogP contribution in [-0.2, 0) is 27.2 Å². The number of carbonyl (C=O) groups is 3. The Kier molecular flexibility index (Phi) is 9.93. The van der Waals surface area contributed by atoms with Crippen molar-refractivity contribution in [3.63, 3.8) is 0 Å². The van der Waals surface area contributed by atoms with Crippen LogP contribution in [0.3, 0.4) is 0 Å². The second-order valence-electron chi connectivity index (χ2n) is 15.0. The molecule has 1 saturated carbocycles. The number of carbonyl (C=O) groups excluding carboxylic acids is 3. The van der Waals surface area contributed by atoms with E-state index in [1.807, 2.05) is 29.0 Å². The van der Waals surface area contributed by atoms with Crippen molar-refractivity contribution in [2.75, 3.05) is 33.3 Å². The minimum atomic E-state index is -0.766. The number of halogens is 1. The molecule has 2 heterocycles. The number of fused-ring (bicyclic) bond motifs is 1. The molecule has 8 nitrogen and oxygen atoms in total. The van der Waals surface area contributed by atoms with Gasteiger partial charge in [-0.15, -0.1) is 0 Å². The lowest BCUT2D eigenvalue weighted by Crippen LogP contribution is -2.58. The number of hydrogen-bond donors (Lipinski definition) is 2. The van der Waals surface area contributed by atoms with E-state index in [1.165, 1.54) is 37.0 Å². The zero-order valence-electron chi connectivity index (χ0n) is 28.2. The van der Waals surface area contributed by atoms with Crippen LogP contribution < -0.4 is 10.6 Å². The van der Waals surface area contributed by atoms with Gasteiger partial charge in [-0.25, -0.2) is 9.18 Å². The summed E-state index contributed by atoms with van der Waals surface area (Å²) in [7, 11) is 1.88. The van der Waals surface area contributed by atoms with E-state index in [-0.39, 0.29) is 53.1 Å². The van der Waals surface area contributed by atoms with Crippen LogP contribution in [0.25, 0.3) is 0 Å². The first-order valence-corrected chi connectivity index (χ1v) is 17.6. The van der Waals surface area contributed by atoms with Gasteiger partial charge in [0.25, 0.3) is 0 Å². The highest BCUT2D eigenvalue weighted by Gasteiger charge is 2.50. The van der Waals surface area contributed by atoms with Gasteiger partial charge in [0, 0.05) is 32.1 Å². The highest BCUT2D eigenvalue weighted by Crippen LogP contribution is 2.48. The van der Waals surface area contributed by atoms with Crippen molar-refractivity contribution in [2.45, 2.75) is 95.7 Å². The Bertz CT molecular complexity index is 1430. The number of ether oxygens (including phenoxy) is 1. The summed E-state index contributed by atoms with van der Waals surface area (Å²) >= 11 is 0. The predicted octanol–water partition coefficient (Wildman–Crippen LogP) is 5.80. The first kappa shape index (κ1) is 33.4. The van der Waals surface area contributed by atoms with E-state index < -0.39 is 6.04 Å². The molecule has 2 N–H and O–H groups in total. The molecule has 2 saturated heterocycles. The van der Waals surface area contributed by atoms with Gasteiger partial charge >= 0.3 is 6.09 Å². The molecular formula is C38H51FN4O4. The number of hydrogen-bond acceptors (Lipinski definition) is 5. The third-order valence-corrected chi connectivity index (χ3v) is 11.6. The van der Waals surface area contributed by atoms with E-state index in [9.17, 15) is 18.8 Å². The number of likely N-dealkylation sites (tertiary alicyclic amines) is 1. The molecule has 0 radical (unpaired) electrons. The average molecular weight is 647 g/mol. The van der Waals surface area contributed by atoms with Crippen molar-refractivity contribution in [1.82, 2.24) is 20.4 Å². The Morgan fingerprint density at radius 2 is 1.70 bits per heavy atom. The molecule has 3 fully saturated rings. The largest absolute Gasteiger partial charge is 0.447 e. The SMILES string of the molecule is CNC1c2ccccc2CCC1C(=O)N[C@H](Cc1ccc(F)cc1)C(=O)N1CCC(CN2C(=O)OCC2(C)C)(C2CCCCC2)CC1. The van der Waals surface area contributed by atoms with Gasteiger partial charge in [-0.2, -0.15) is 0 Å². The van der Waals surface area contributed by atoms with E-state index in [0.29, 0.717) is 38.6 Å². The van der Waals surface area contributed by atoms with Crippen molar-refractivity contribution in [3.05, 3.63) is 71.0 Å². The van der Waals surface area contributed by atoms with Gasteiger partial charge in [-0.05, 0) is 99.6 Å². The molecule has 0 spiro atoms. The minimum absolute atomic E-state index is 0.0803. The van der Waals surface area contributed by atoms with E-state index >= 15 is 0 Å². The zero-order chi connectivity index (χ0) is 33.2. The highest BCUT2D eigenvalue weighted by molar-refractivity contribution is 5.89. The van der Waals surface area contributed by atoms with Crippen LogP contribution in [0.4, 0.5) is 9.18 Å². The molecule has 2 aliphatic heterocycles. The summed E-state index contributed by atoms with van der Waals surface area (Å²) in [6.45, 7) is 6.32. The zero-order valence-corrected chi connectivity index (χ0v) is 28.2. The van der Waals surface area contributed by atoms with Crippen LogP contribution in [0.2, 0.25) is 0 Å². The molecule has 2 aromatic carbocycles. The summed E-state index contributed by atoms with van der Waals surface area (Å²) in [6, 6.07) is 13.5. The van der Waals surface area contributed by atoms with Gasteiger partial charge in [0.1, 0.15) is 18.5 Å². The number of piperidine rings is 1. The third kappa shape index (κ3) is 7.06. The molecule has 254 valence electrons. The topological polar surface area (TPSA) is 91.0 Å². The first-order chi connectivity index (χ1) is 22.6. The van der Waals surface area contributed by atoms with E-state index in [1.54, 1.807) is 12.1 Å². The maximum Gasteiger partial charge on any atom is 0.410 e. The molecule has 2 unspecified atom stereocenters. The van der Waals surface area contributed by atoms with Crippen LogP contribution in [0.15, 0.2) is 48.5 Å². The number of nitrogens with one attached hydrogen (secondary N) is 2. The molecule has 9 heteroatoms. The quantitative estimate of drug-likeness (QED) is 0.360. The summed E-state index contributed by atoms with van der Waals surface area (Å²) in [4.78, 5) is 45.0. The van der Waals surface area contributed by atoms with Crippen molar-refractivity contribution in [2.24, 2.45) is 17.3 Å². The smallest absolute Gasteiger partial charge is 0.410 e. The number of aryl methyl sites for hydroxylation is 1. The van der Waals surface area contributed by atoms with Gasteiger partial charge in [0.15, 0.2) is 0 Å². The lowest BCUT2D eigenvalue weighted by atomic mass is 9.63. The maximum atomic E-state index is 14.4. The van der Waals surface area contributed by atoms with Crippen LogP contribution in [0.1, 0.15) is 87.9 Å². The molecule has 0 bridgehead atoms. The molecule has 47 heavy (non-hydrogen) atoms. The Labute approximate surface area is 278 Å². The van der Waals surface area contributed by atoms with Gasteiger partial charge < -0.3 is 20.3 Å². The summed E-state index contributed by atoms with van der Waals surface area (Å²) in [5, 5.41) is 6.52. The monoisotopic (exact) mass is 646 g/mol. The van der Waals surface area contributed by atoms with Crippen LogP contribution in [0, 0.1) is 23.1 Å². The molecular weight excluding hydrogens is 595 g/mol. The standard InChI is InChI=1S/C38H51FN4O4/c1-37(2)25-47-36(46)43(37)24-38(28-10-5-4-6-11-28)19-21-42(22-20-38)35(45)32(23-26-13-16-29(39)17-14-26)41-34(44)31-18-15-27-9-7-8-12-30(27)33(31)40-3/h7-9,12-14,16-17,28,31-33,40H,4-6,10-11,15,18-25H2,1-3H3,(H,41,44)/t31?,32-,33?/m1/s1. The van der Waals surface area contributed by atoms with Gasteiger partial charge in [0.2, 0.25) is 11.8 Å². The molecule has 0 aromatic heterocycles. The van der Waals surface area contributed by atoms with E-state index in [0.717, 1.165) is 43.2 Å². The summed E-state index contributed by atoms with van der Waals surface area (Å²) in [5.41, 5.74) is 2.73. The molecule has 2 aromatic rings.